The number of amides is 1. The molecule has 2 heterocycles. The third kappa shape index (κ3) is 3.57. The van der Waals surface area contributed by atoms with Gasteiger partial charge in [-0.15, -0.1) is 0 Å². The Labute approximate surface area is 111 Å². The highest BCUT2D eigenvalue weighted by molar-refractivity contribution is 6.28. The fraction of sp³-hybridized carbons (Fsp3) is 0.583. The average molecular weight is 270 g/mol. The van der Waals surface area contributed by atoms with Crippen molar-refractivity contribution in [3.63, 3.8) is 0 Å². The van der Waals surface area contributed by atoms with Crippen molar-refractivity contribution in [1.29, 1.82) is 0 Å². The van der Waals surface area contributed by atoms with E-state index < -0.39 is 0 Å². The predicted molar refractivity (Wildman–Crippen MR) is 67.5 cm³/mol. The second kappa shape index (κ2) is 6.00. The van der Waals surface area contributed by atoms with E-state index in [0.29, 0.717) is 18.4 Å². The van der Waals surface area contributed by atoms with E-state index in [4.69, 9.17) is 16.3 Å². The molecule has 1 aromatic heterocycles. The summed E-state index contributed by atoms with van der Waals surface area (Å²) in [6.07, 6.45) is 3.51. The molecule has 0 aliphatic carbocycles. The summed E-state index contributed by atoms with van der Waals surface area (Å²) in [6.45, 7) is 3.85. The molecule has 5 nitrogen and oxygen atoms in total. The van der Waals surface area contributed by atoms with Crippen molar-refractivity contribution in [3.8, 4) is 5.88 Å². The number of carbonyl (C=O) groups is 1. The van der Waals surface area contributed by atoms with Crippen molar-refractivity contribution < 1.29 is 9.53 Å². The Balaban J connectivity index is 1.77. The maximum absolute atomic E-state index is 11.2. The van der Waals surface area contributed by atoms with Crippen LogP contribution in [0.3, 0.4) is 0 Å². The Morgan fingerprint density at radius 3 is 2.89 bits per heavy atom. The fourth-order valence-corrected chi connectivity index (χ4v) is 2.16. The van der Waals surface area contributed by atoms with Crippen molar-refractivity contribution in [2.75, 3.05) is 19.7 Å². The molecule has 0 spiro atoms. The molecule has 0 radical (unpaired) electrons. The molecule has 1 aliphatic heterocycles. The number of halogens is 1. The summed E-state index contributed by atoms with van der Waals surface area (Å²) < 4.78 is 5.58. The third-order valence-corrected chi connectivity index (χ3v) is 3.31. The topological polar surface area (TPSA) is 55.3 Å². The zero-order chi connectivity index (χ0) is 13.0. The van der Waals surface area contributed by atoms with Crippen LogP contribution in [0.2, 0.25) is 5.28 Å². The molecule has 2 rings (SSSR count). The standard InChI is InChI=1S/C12H16ClN3O2/c1-9(17)16-6-3-10(4-7-16)8-18-11-2-5-14-12(13)15-11/h2,5,10H,3-4,6-8H2,1H3. The zero-order valence-electron chi connectivity index (χ0n) is 10.3. The number of hydrogen-bond donors (Lipinski definition) is 0. The van der Waals surface area contributed by atoms with Crippen LogP contribution in [-0.4, -0.2) is 40.5 Å². The largest absolute Gasteiger partial charge is 0.477 e. The Hall–Kier alpha value is -1.36. The lowest BCUT2D eigenvalue weighted by molar-refractivity contribution is -0.130. The molecular formula is C12H16ClN3O2. The molecule has 1 amide bonds. The van der Waals surface area contributed by atoms with Gasteiger partial charge in [-0.1, -0.05) is 0 Å². The summed E-state index contributed by atoms with van der Waals surface area (Å²) in [7, 11) is 0. The second-order valence-electron chi connectivity index (χ2n) is 4.42. The molecule has 1 saturated heterocycles. The van der Waals surface area contributed by atoms with Gasteiger partial charge in [-0.05, 0) is 30.4 Å². The number of rotatable bonds is 3. The molecular weight excluding hydrogens is 254 g/mol. The third-order valence-electron chi connectivity index (χ3n) is 3.13. The Bertz CT molecular complexity index is 420. The molecule has 0 aromatic carbocycles. The van der Waals surface area contributed by atoms with E-state index in [0.717, 1.165) is 25.9 Å². The number of aromatic nitrogens is 2. The van der Waals surface area contributed by atoms with Crippen LogP contribution in [-0.2, 0) is 4.79 Å². The summed E-state index contributed by atoms with van der Waals surface area (Å²) in [5.41, 5.74) is 0. The van der Waals surface area contributed by atoms with Crippen LogP contribution in [0.4, 0.5) is 0 Å². The number of piperidine rings is 1. The van der Waals surface area contributed by atoms with Crippen molar-refractivity contribution in [1.82, 2.24) is 14.9 Å². The van der Waals surface area contributed by atoms with Crippen molar-refractivity contribution in [2.45, 2.75) is 19.8 Å². The van der Waals surface area contributed by atoms with E-state index >= 15 is 0 Å². The van der Waals surface area contributed by atoms with Crippen LogP contribution in [0.1, 0.15) is 19.8 Å². The Morgan fingerprint density at radius 2 is 2.28 bits per heavy atom. The van der Waals surface area contributed by atoms with Crippen LogP contribution < -0.4 is 4.74 Å². The number of nitrogens with zero attached hydrogens (tertiary/aromatic N) is 3. The maximum Gasteiger partial charge on any atom is 0.225 e. The van der Waals surface area contributed by atoms with Gasteiger partial charge < -0.3 is 9.64 Å². The maximum atomic E-state index is 11.2. The second-order valence-corrected chi connectivity index (χ2v) is 4.76. The Morgan fingerprint density at radius 1 is 1.56 bits per heavy atom. The van der Waals surface area contributed by atoms with Gasteiger partial charge in [-0.2, -0.15) is 4.98 Å². The van der Waals surface area contributed by atoms with E-state index in [2.05, 4.69) is 9.97 Å². The van der Waals surface area contributed by atoms with E-state index in [1.165, 1.54) is 0 Å². The lowest BCUT2D eigenvalue weighted by Crippen LogP contribution is -2.38. The first-order valence-corrected chi connectivity index (χ1v) is 6.40. The molecule has 0 bridgehead atoms. The minimum absolute atomic E-state index is 0.150. The van der Waals surface area contributed by atoms with Crippen molar-refractivity contribution >= 4 is 17.5 Å². The van der Waals surface area contributed by atoms with Gasteiger partial charge in [0.05, 0.1) is 6.61 Å². The minimum atomic E-state index is 0.150. The summed E-state index contributed by atoms with van der Waals surface area (Å²) in [5.74, 6) is 1.12. The van der Waals surface area contributed by atoms with E-state index in [-0.39, 0.29) is 11.2 Å². The van der Waals surface area contributed by atoms with Gasteiger partial charge in [-0.25, -0.2) is 4.98 Å². The summed E-state index contributed by atoms with van der Waals surface area (Å²) in [4.78, 5) is 20.8. The minimum Gasteiger partial charge on any atom is -0.477 e. The number of carbonyl (C=O) groups excluding carboxylic acids is 1. The van der Waals surface area contributed by atoms with Gasteiger partial charge in [-0.3, -0.25) is 4.79 Å². The van der Waals surface area contributed by atoms with Crippen LogP contribution in [0, 0.1) is 5.92 Å². The molecule has 1 fully saturated rings. The monoisotopic (exact) mass is 269 g/mol. The predicted octanol–water partition coefficient (Wildman–Crippen LogP) is 1.77. The summed E-state index contributed by atoms with van der Waals surface area (Å²) >= 11 is 5.67. The lowest BCUT2D eigenvalue weighted by Gasteiger charge is -2.30. The molecule has 0 unspecified atom stereocenters. The van der Waals surface area contributed by atoms with Crippen LogP contribution in [0.15, 0.2) is 12.3 Å². The highest BCUT2D eigenvalue weighted by atomic mass is 35.5. The first-order chi connectivity index (χ1) is 8.65. The van der Waals surface area contributed by atoms with E-state index in [1.54, 1.807) is 19.2 Å². The normalized spacial score (nSPS) is 16.7. The van der Waals surface area contributed by atoms with Crippen molar-refractivity contribution in [2.24, 2.45) is 5.92 Å². The smallest absolute Gasteiger partial charge is 0.225 e. The quantitative estimate of drug-likeness (QED) is 0.785. The van der Waals surface area contributed by atoms with Gasteiger partial charge in [0.25, 0.3) is 0 Å². The molecule has 6 heteroatoms. The van der Waals surface area contributed by atoms with Gasteiger partial charge in [0.1, 0.15) is 0 Å². The van der Waals surface area contributed by atoms with Gasteiger partial charge in [0, 0.05) is 32.3 Å². The summed E-state index contributed by atoms with van der Waals surface area (Å²) in [6, 6.07) is 1.69. The molecule has 1 aliphatic rings. The molecule has 18 heavy (non-hydrogen) atoms. The SMILES string of the molecule is CC(=O)N1CCC(COc2ccnc(Cl)n2)CC1. The first-order valence-electron chi connectivity index (χ1n) is 6.02. The fourth-order valence-electron chi connectivity index (χ4n) is 2.02. The van der Waals surface area contributed by atoms with Crippen molar-refractivity contribution in [3.05, 3.63) is 17.5 Å². The first kappa shape index (κ1) is 13.1. The highest BCUT2D eigenvalue weighted by Gasteiger charge is 2.21. The van der Waals surface area contributed by atoms with Gasteiger partial charge in [0.2, 0.25) is 17.1 Å². The molecule has 98 valence electrons. The lowest BCUT2D eigenvalue weighted by atomic mass is 9.98. The zero-order valence-corrected chi connectivity index (χ0v) is 11.1. The number of likely N-dealkylation sites (tertiary alicyclic amines) is 1. The Kier molecular flexibility index (Phi) is 4.36. The number of ether oxygens (including phenoxy) is 1. The average Bonchev–Trinajstić information content (AvgIpc) is 2.37. The van der Waals surface area contributed by atoms with Crippen LogP contribution >= 0.6 is 11.6 Å². The van der Waals surface area contributed by atoms with Crippen LogP contribution in [0.25, 0.3) is 0 Å². The van der Waals surface area contributed by atoms with Crippen LogP contribution in [0.5, 0.6) is 5.88 Å². The summed E-state index contributed by atoms with van der Waals surface area (Å²) in [5, 5.41) is 0.193. The van der Waals surface area contributed by atoms with Gasteiger partial charge in [0.15, 0.2) is 0 Å². The molecule has 0 N–H and O–H groups in total. The van der Waals surface area contributed by atoms with E-state index in [9.17, 15) is 4.79 Å². The molecule has 0 saturated carbocycles. The molecule has 0 atom stereocenters. The highest BCUT2D eigenvalue weighted by Crippen LogP contribution is 2.18. The molecule has 1 aromatic rings. The number of hydrogen-bond acceptors (Lipinski definition) is 4. The van der Waals surface area contributed by atoms with E-state index in [1.807, 2.05) is 4.90 Å². The van der Waals surface area contributed by atoms with Gasteiger partial charge >= 0.3 is 0 Å².